The normalized spacial score (nSPS) is 29.9. The lowest BCUT2D eigenvalue weighted by Gasteiger charge is -2.40. The first-order valence-corrected chi connectivity index (χ1v) is 8.25. The first kappa shape index (κ1) is 15.0. The quantitative estimate of drug-likeness (QED) is 0.889. The predicted octanol–water partition coefficient (Wildman–Crippen LogP) is 4.37. The van der Waals surface area contributed by atoms with Crippen LogP contribution in [-0.2, 0) is 4.74 Å². The highest BCUT2D eigenvalue weighted by atomic mass is 32.1. The van der Waals surface area contributed by atoms with Crippen LogP contribution in [0.4, 0.5) is 0 Å². The molecule has 1 heterocycles. The summed E-state index contributed by atoms with van der Waals surface area (Å²) in [7, 11) is 0. The van der Waals surface area contributed by atoms with E-state index in [0.717, 1.165) is 18.8 Å². The van der Waals surface area contributed by atoms with Crippen molar-refractivity contribution in [1.82, 2.24) is 0 Å². The summed E-state index contributed by atoms with van der Waals surface area (Å²) in [6.45, 7) is 9.08. The Morgan fingerprint density at radius 1 is 1.42 bits per heavy atom. The third-order valence-electron chi connectivity index (χ3n) is 4.03. The van der Waals surface area contributed by atoms with Gasteiger partial charge in [-0.1, -0.05) is 20.8 Å². The summed E-state index contributed by atoms with van der Waals surface area (Å²) in [6, 6.07) is 2.17. The molecule has 0 radical (unpaired) electrons. The average Bonchev–Trinajstić information content (AvgIpc) is 2.75. The Kier molecular flexibility index (Phi) is 4.70. The van der Waals surface area contributed by atoms with Gasteiger partial charge in [0.15, 0.2) is 0 Å². The zero-order valence-electron chi connectivity index (χ0n) is 12.6. The predicted molar refractivity (Wildman–Crippen MR) is 82.4 cm³/mol. The Balaban J connectivity index is 2.05. The molecular formula is C16H27NOS. The molecule has 4 atom stereocenters. The number of hydrogen-bond donors (Lipinski definition) is 1. The summed E-state index contributed by atoms with van der Waals surface area (Å²) in [5.74, 6) is 0.741. The van der Waals surface area contributed by atoms with E-state index in [1.165, 1.54) is 12.0 Å². The van der Waals surface area contributed by atoms with Crippen molar-refractivity contribution in [2.24, 2.45) is 17.1 Å². The minimum Gasteiger partial charge on any atom is -0.369 e. The molecule has 0 saturated heterocycles. The lowest BCUT2D eigenvalue weighted by molar-refractivity contribution is -0.0737. The minimum atomic E-state index is 0.0370. The molecule has 0 aliphatic heterocycles. The topological polar surface area (TPSA) is 35.2 Å². The molecule has 4 unspecified atom stereocenters. The zero-order valence-corrected chi connectivity index (χ0v) is 13.4. The fourth-order valence-corrected chi connectivity index (χ4v) is 4.20. The first-order chi connectivity index (χ1) is 8.87. The molecule has 2 rings (SSSR count). The summed E-state index contributed by atoms with van der Waals surface area (Å²) in [6.07, 6.45) is 3.99. The van der Waals surface area contributed by atoms with Crippen molar-refractivity contribution in [2.45, 2.75) is 65.2 Å². The number of thiophene rings is 1. The number of hydrogen-bond acceptors (Lipinski definition) is 3. The van der Waals surface area contributed by atoms with Crippen molar-refractivity contribution in [2.75, 3.05) is 0 Å². The second-order valence-corrected chi connectivity index (χ2v) is 7.79. The number of nitrogens with two attached hydrogens (primary N) is 1. The Hall–Kier alpha value is -0.380. The zero-order chi connectivity index (χ0) is 14.0. The molecule has 0 spiro atoms. The van der Waals surface area contributed by atoms with Crippen LogP contribution < -0.4 is 5.73 Å². The fourth-order valence-electron chi connectivity index (χ4n) is 3.51. The van der Waals surface area contributed by atoms with Gasteiger partial charge in [0, 0.05) is 6.04 Å². The lowest BCUT2D eigenvalue weighted by atomic mass is 9.71. The van der Waals surface area contributed by atoms with Crippen LogP contribution in [0.3, 0.4) is 0 Å². The molecule has 2 nitrogen and oxygen atoms in total. The molecule has 1 aliphatic rings. The fraction of sp³-hybridized carbons (Fsp3) is 0.750. The maximum atomic E-state index is 6.38. The van der Waals surface area contributed by atoms with Crippen molar-refractivity contribution in [3.8, 4) is 0 Å². The summed E-state index contributed by atoms with van der Waals surface area (Å²) < 4.78 is 6.38. The van der Waals surface area contributed by atoms with Gasteiger partial charge in [-0.15, -0.1) is 0 Å². The standard InChI is InChI=1S/C16H27NOS/c1-11-7-14(9-16(3,4)8-11)18-15(12(2)17)13-5-6-19-10-13/h5-6,10-12,14-15H,7-9,17H2,1-4H3. The highest BCUT2D eigenvalue weighted by molar-refractivity contribution is 7.07. The van der Waals surface area contributed by atoms with Crippen LogP contribution in [0.1, 0.15) is 58.6 Å². The van der Waals surface area contributed by atoms with E-state index in [4.69, 9.17) is 10.5 Å². The van der Waals surface area contributed by atoms with Crippen LogP contribution in [-0.4, -0.2) is 12.1 Å². The van der Waals surface area contributed by atoms with E-state index in [0.29, 0.717) is 11.5 Å². The van der Waals surface area contributed by atoms with E-state index in [-0.39, 0.29) is 12.1 Å². The van der Waals surface area contributed by atoms with Gasteiger partial charge in [0.05, 0.1) is 12.2 Å². The Bertz CT molecular complexity index is 385. The van der Waals surface area contributed by atoms with Crippen LogP contribution in [0.5, 0.6) is 0 Å². The summed E-state index contributed by atoms with van der Waals surface area (Å²) in [4.78, 5) is 0. The number of ether oxygens (including phenoxy) is 1. The molecule has 1 aromatic rings. The van der Waals surface area contributed by atoms with Gasteiger partial charge in [-0.2, -0.15) is 11.3 Å². The van der Waals surface area contributed by atoms with Gasteiger partial charge in [0.25, 0.3) is 0 Å². The van der Waals surface area contributed by atoms with E-state index in [9.17, 15) is 0 Å². The van der Waals surface area contributed by atoms with Crippen molar-refractivity contribution < 1.29 is 4.74 Å². The summed E-state index contributed by atoms with van der Waals surface area (Å²) in [5, 5.41) is 4.26. The first-order valence-electron chi connectivity index (χ1n) is 7.30. The Labute approximate surface area is 121 Å². The smallest absolute Gasteiger partial charge is 0.0984 e. The van der Waals surface area contributed by atoms with Gasteiger partial charge in [0.1, 0.15) is 0 Å². The molecule has 19 heavy (non-hydrogen) atoms. The minimum absolute atomic E-state index is 0.0370. The average molecular weight is 281 g/mol. The van der Waals surface area contributed by atoms with Crippen LogP contribution in [0.2, 0.25) is 0 Å². The maximum Gasteiger partial charge on any atom is 0.0984 e. The monoisotopic (exact) mass is 281 g/mol. The van der Waals surface area contributed by atoms with Crippen LogP contribution in [0.25, 0.3) is 0 Å². The van der Waals surface area contributed by atoms with Gasteiger partial charge in [-0.3, -0.25) is 0 Å². The van der Waals surface area contributed by atoms with Crippen molar-refractivity contribution in [3.63, 3.8) is 0 Å². The second kappa shape index (κ2) is 5.94. The van der Waals surface area contributed by atoms with E-state index < -0.39 is 0 Å². The van der Waals surface area contributed by atoms with E-state index in [1.807, 2.05) is 6.92 Å². The number of rotatable bonds is 4. The van der Waals surface area contributed by atoms with Crippen molar-refractivity contribution in [1.29, 1.82) is 0 Å². The molecule has 108 valence electrons. The molecule has 1 aliphatic carbocycles. The second-order valence-electron chi connectivity index (χ2n) is 7.01. The molecule has 0 amide bonds. The molecule has 0 bridgehead atoms. The van der Waals surface area contributed by atoms with Crippen LogP contribution >= 0.6 is 11.3 Å². The Morgan fingerprint density at radius 3 is 2.68 bits per heavy atom. The largest absolute Gasteiger partial charge is 0.369 e. The highest BCUT2D eigenvalue weighted by Gasteiger charge is 2.34. The van der Waals surface area contributed by atoms with Crippen LogP contribution in [0, 0.1) is 11.3 Å². The molecule has 1 fully saturated rings. The van der Waals surface area contributed by atoms with Gasteiger partial charge >= 0.3 is 0 Å². The lowest BCUT2D eigenvalue weighted by Crippen LogP contribution is -2.36. The molecule has 1 saturated carbocycles. The van der Waals surface area contributed by atoms with Crippen molar-refractivity contribution >= 4 is 11.3 Å². The van der Waals surface area contributed by atoms with E-state index in [2.05, 4.69) is 37.6 Å². The molecule has 2 N–H and O–H groups in total. The van der Waals surface area contributed by atoms with E-state index >= 15 is 0 Å². The van der Waals surface area contributed by atoms with Gasteiger partial charge in [0.2, 0.25) is 0 Å². The Morgan fingerprint density at radius 2 is 2.16 bits per heavy atom. The molecule has 3 heteroatoms. The van der Waals surface area contributed by atoms with Gasteiger partial charge in [-0.05, 0) is 59.9 Å². The summed E-state index contributed by atoms with van der Waals surface area (Å²) >= 11 is 1.71. The molecular weight excluding hydrogens is 254 g/mol. The maximum absolute atomic E-state index is 6.38. The highest BCUT2D eigenvalue weighted by Crippen LogP contribution is 2.41. The van der Waals surface area contributed by atoms with Crippen molar-refractivity contribution in [3.05, 3.63) is 22.4 Å². The SMILES string of the molecule is CC1CC(OC(c2ccsc2)C(C)N)CC(C)(C)C1. The van der Waals surface area contributed by atoms with E-state index in [1.54, 1.807) is 11.3 Å². The third kappa shape index (κ3) is 4.04. The molecule has 1 aromatic heterocycles. The van der Waals surface area contributed by atoms with Crippen LogP contribution in [0.15, 0.2) is 16.8 Å². The summed E-state index contributed by atoms with van der Waals surface area (Å²) in [5.41, 5.74) is 7.75. The third-order valence-corrected chi connectivity index (χ3v) is 4.74. The molecule has 0 aromatic carbocycles. The van der Waals surface area contributed by atoms with Gasteiger partial charge in [-0.25, -0.2) is 0 Å². The van der Waals surface area contributed by atoms with Gasteiger partial charge < -0.3 is 10.5 Å².